The molecule has 8 heteroatoms. The Hall–Kier alpha value is -1.15. The number of carbonyl (C=O) groups excluding carboxylic acids is 1. The predicted molar refractivity (Wildman–Crippen MR) is 80.0 cm³/mol. The fourth-order valence-corrected chi connectivity index (χ4v) is 2.45. The Morgan fingerprint density at radius 1 is 1.30 bits per heavy atom. The Bertz CT molecular complexity index is 529. The van der Waals surface area contributed by atoms with Gasteiger partial charge in [0.15, 0.2) is 0 Å². The summed E-state index contributed by atoms with van der Waals surface area (Å²) in [5, 5.41) is 2.65. The van der Waals surface area contributed by atoms with Gasteiger partial charge in [-0.2, -0.15) is 0 Å². The number of carbonyl (C=O) groups is 1. The maximum absolute atomic E-state index is 11.7. The van der Waals surface area contributed by atoms with Crippen molar-refractivity contribution >= 4 is 28.3 Å². The highest BCUT2D eigenvalue weighted by molar-refractivity contribution is 7.89. The standard InChI is InChI=1S/C12H19N3O3S.ClH/c1-3-15-19(17,18)11-6-4-10(5-7-11)8-14-12(16)9(2)13;/h4-7,9,15H,3,8,13H2,1-2H3,(H,14,16);1H/t9-;/m1./s1. The van der Waals surface area contributed by atoms with E-state index in [4.69, 9.17) is 5.73 Å². The van der Waals surface area contributed by atoms with Crippen LogP contribution >= 0.6 is 12.4 Å². The third kappa shape index (κ3) is 5.46. The van der Waals surface area contributed by atoms with Crippen LogP contribution in [-0.4, -0.2) is 26.9 Å². The molecule has 0 unspecified atom stereocenters. The highest BCUT2D eigenvalue weighted by atomic mass is 35.5. The van der Waals surface area contributed by atoms with E-state index in [0.29, 0.717) is 13.1 Å². The van der Waals surface area contributed by atoms with E-state index in [1.807, 2.05) is 0 Å². The van der Waals surface area contributed by atoms with Gasteiger partial charge in [-0.25, -0.2) is 13.1 Å². The number of sulfonamides is 1. The number of hydrogen-bond donors (Lipinski definition) is 3. The van der Waals surface area contributed by atoms with Crippen LogP contribution in [0.15, 0.2) is 29.2 Å². The van der Waals surface area contributed by atoms with Gasteiger partial charge >= 0.3 is 0 Å². The molecule has 4 N–H and O–H groups in total. The molecule has 1 amide bonds. The number of nitrogens with two attached hydrogens (primary N) is 1. The normalized spacial score (nSPS) is 12.3. The van der Waals surface area contributed by atoms with Gasteiger partial charge in [0.05, 0.1) is 10.9 Å². The van der Waals surface area contributed by atoms with Gasteiger partial charge in [-0.3, -0.25) is 4.79 Å². The second kappa shape index (κ2) is 8.21. The van der Waals surface area contributed by atoms with Crippen LogP contribution in [-0.2, 0) is 21.4 Å². The van der Waals surface area contributed by atoms with Gasteiger partial charge in [-0.05, 0) is 24.6 Å². The molecule has 0 saturated heterocycles. The Kier molecular flexibility index (Phi) is 7.74. The van der Waals surface area contributed by atoms with Crippen molar-refractivity contribution in [2.24, 2.45) is 5.73 Å². The van der Waals surface area contributed by atoms with Crippen LogP contribution in [0.2, 0.25) is 0 Å². The smallest absolute Gasteiger partial charge is 0.240 e. The van der Waals surface area contributed by atoms with Crippen molar-refractivity contribution in [1.29, 1.82) is 0 Å². The molecule has 1 aromatic carbocycles. The number of halogens is 1. The van der Waals surface area contributed by atoms with Crippen molar-refractivity contribution in [1.82, 2.24) is 10.0 Å². The molecule has 0 saturated carbocycles. The summed E-state index contributed by atoms with van der Waals surface area (Å²) >= 11 is 0. The molecule has 0 radical (unpaired) electrons. The minimum Gasteiger partial charge on any atom is -0.351 e. The molecule has 114 valence electrons. The van der Waals surface area contributed by atoms with Gasteiger partial charge in [-0.15, -0.1) is 12.4 Å². The Morgan fingerprint density at radius 3 is 2.30 bits per heavy atom. The van der Waals surface area contributed by atoms with E-state index in [1.54, 1.807) is 26.0 Å². The van der Waals surface area contributed by atoms with Crippen molar-refractivity contribution in [3.8, 4) is 0 Å². The zero-order valence-electron chi connectivity index (χ0n) is 11.4. The average molecular weight is 322 g/mol. The molecule has 1 atom stereocenters. The summed E-state index contributed by atoms with van der Waals surface area (Å²) in [6.45, 7) is 3.98. The molecule has 0 aromatic heterocycles. The van der Waals surface area contributed by atoms with Crippen molar-refractivity contribution in [2.75, 3.05) is 6.54 Å². The van der Waals surface area contributed by atoms with Crippen LogP contribution in [0, 0.1) is 0 Å². The largest absolute Gasteiger partial charge is 0.351 e. The van der Waals surface area contributed by atoms with E-state index >= 15 is 0 Å². The zero-order valence-corrected chi connectivity index (χ0v) is 13.1. The topological polar surface area (TPSA) is 101 Å². The summed E-state index contributed by atoms with van der Waals surface area (Å²) in [6, 6.07) is 5.77. The fourth-order valence-electron chi connectivity index (χ4n) is 1.41. The number of hydrogen-bond acceptors (Lipinski definition) is 4. The second-order valence-corrected chi connectivity index (χ2v) is 5.92. The summed E-state index contributed by atoms with van der Waals surface area (Å²) < 4.78 is 25.8. The average Bonchev–Trinajstić information content (AvgIpc) is 2.36. The molecule has 0 aliphatic rings. The molecule has 0 aliphatic heterocycles. The quantitative estimate of drug-likeness (QED) is 0.704. The van der Waals surface area contributed by atoms with Crippen LogP contribution in [0.5, 0.6) is 0 Å². The minimum atomic E-state index is -3.43. The summed E-state index contributed by atoms with van der Waals surface area (Å²) in [5.74, 6) is -0.246. The van der Waals surface area contributed by atoms with Gasteiger partial charge < -0.3 is 11.1 Å². The maximum Gasteiger partial charge on any atom is 0.240 e. The molecular formula is C12H20ClN3O3S. The molecule has 1 rings (SSSR count). The van der Waals surface area contributed by atoms with E-state index in [9.17, 15) is 13.2 Å². The van der Waals surface area contributed by atoms with Crippen molar-refractivity contribution in [3.63, 3.8) is 0 Å². The van der Waals surface area contributed by atoms with E-state index in [0.717, 1.165) is 5.56 Å². The van der Waals surface area contributed by atoms with Crippen molar-refractivity contribution in [3.05, 3.63) is 29.8 Å². The number of rotatable bonds is 6. The lowest BCUT2D eigenvalue weighted by atomic mass is 10.2. The maximum atomic E-state index is 11.7. The first-order chi connectivity index (χ1) is 8.86. The Labute approximate surface area is 125 Å². The van der Waals surface area contributed by atoms with Gasteiger partial charge in [0, 0.05) is 13.1 Å². The predicted octanol–water partition coefficient (Wildman–Crippen LogP) is 0.370. The van der Waals surface area contributed by atoms with Crippen molar-refractivity contribution < 1.29 is 13.2 Å². The molecule has 0 bridgehead atoms. The van der Waals surface area contributed by atoms with E-state index < -0.39 is 16.1 Å². The Balaban J connectivity index is 0.00000361. The lowest BCUT2D eigenvalue weighted by molar-refractivity contribution is -0.122. The summed E-state index contributed by atoms with van der Waals surface area (Å²) in [5.41, 5.74) is 6.22. The molecule has 20 heavy (non-hydrogen) atoms. The second-order valence-electron chi connectivity index (χ2n) is 4.15. The number of benzene rings is 1. The van der Waals surface area contributed by atoms with Crippen LogP contribution < -0.4 is 15.8 Å². The van der Waals surface area contributed by atoms with Crippen LogP contribution in [0.3, 0.4) is 0 Å². The molecule has 0 spiro atoms. The molecular weight excluding hydrogens is 302 g/mol. The summed E-state index contributed by atoms with van der Waals surface area (Å²) in [7, 11) is -3.43. The Morgan fingerprint density at radius 2 is 1.85 bits per heavy atom. The van der Waals surface area contributed by atoms with E-state index in [-0.39, 0.29) is 23.2 Å². The molecule has 0 aliphatic carbocycles. The molecule has 0 fully saturated rings. The first kappa shape index (κ1) is 18.9. The lowest BCUT2D eigenvalue weighted by Gasteiger charge is -2.09. The monoisotopic (exact) mass is 321 g/mol. The molecule has 1 aromatic rings. The molecule has 0 heterocycles. The number of nitrogens with one attached hydrogen (secondary N) is 2. The third-order valence-corrected chi connectivity index (χ3v) is 4.01. The van der Waals surface area contributed by atoms with Crippen LogP contribution in [0.1, 0.15) is 19.4 Å². The summed E-state index contributed by atoms with van der Waals surface area (Å²) in [6.07, 6.45) is 0. The van der Waals surface area contributed by atoms with Gasteiger partial charge in [0.25, 0.3) is 0 Å². The first-order valence-electron chi connectivity index (χ1n) is 5.98. The van der Waals surface area contributed by atoms with E-state index in [1.165, 1.54) is 12.1 Å². The van der Waals surface area contributed by atoms with Gasteiger partial charge in [0.1, 0.15) is 0 Å². The van der Waals surface area contributed by atoms with Gasteiger partial charge in [0.2, 0.25) is 15.9 Å². The van der Waals surface area contributed by atoms with E-state index in [2.05, 4.69) is 10.0 Å². The lowest BCUT2D eigenvalue weighted by Crippen LogP contribution is -2.37. The third-order valence-electron chi connectivity index (χ3n) is 2.45. The molecule has 6 nitrogen and oxygen atoms in total. The van der Waals surface area contributed by atoms with Crippen LogP contribution in [0.4, 0.5) is 0 Å². The zero-order chi connectivity index (χ0) is 14.5. The fraction of sp³-hybridized carbons (Fsp3) is 0.417. The highest BCUT2D eigenvalue weighted by Crippen LogP contribution is 2.10. The first-order valence-corrected chi connectivity index (χ1v) is 7.47. The highest BCUT2D eigenvalue weighted by Gasteiger charge is 2.12. The number of amides is 1. The SMILES string of the molecule is CCNS(=O)(=O)c1ccc(CNC(=O)[C@@H](C)N)cc1.Cl. The van der Waals surface area contributed by atoms with Gasteiger partial charge in [-0.1, -0.05) is 19.1 Å². The van der Waals surface area contributed by atoms with Crippen LogP contribution in [0.25, 0.3) is 0 Å². The summed E-state index contributed by atoms with van der Waals surface area (Å²) in [4.78, 5) is 11.5. The minimum absolute atomic E-state index is 0. The van der Waals surface area contributed by atoms with Crippen molar-refractivity contribution in [2.45, 2.75) is 31.3 Å².